The monoisotopic (exact) mass is 622 g/mol. The zero-order valence-electron chi connectivity index (χ0n) is 28.5. The lowest BCUT2D eigenvalue weighted by Gasteiger charge is -2.70. The number of allylic oxidation sites excluding steroid dienone is 2. The first-order chi connectivity index (χ1) is 20.4. The third-order valence-corrected chi connectivity index (χ3v) is 14.6. The molecular weight excluding hydrogens is 560 g/mol. The molecule has 0 aromatic rings. The minimum absolute atomic E-state index is 0.0131. The van der Waals surface area contributed by atoms with Crippen molar-refractivity contribution in [1.82, 2.24) is 0 Å². The van der Waals surface area contributed by atoms with Crippen LogP contribution >= 0.6 is 0 Å². The molecule has 0 bridgehead atoms. The predicted octanol–water partition coefficient (Wildman–Crippen LogP) is 4.32. The largest absolute Gasteiger partial charge is 0.394 e. The van der Waals surface area contributed by atoms with Gasteiger partial charge in [0.1, 0.15) is 24.4 Å². The first-order valence-electron chi connectivity index (χ1n) is 17.3. The highest BCUT2D eigenvalue weighted by Crippen LogP contribution is 2.76. The Morgan fingerprint density at radius 2 is 1.52 bits per heavy atom. The summed E-state index contributed by atoms with van der Waals surface area (Å²) in [5, 5.41) is 65.0. The van der Waals surface area contributed by atoms with Crippen LogP contribution in [0.2, 0.25) is 0 Å². The standard InChI is InChI=1S/C36H62O8/c1-20(2)10-9-14-36(8,44-31-30(42)29(41)28(40)23(19-37)43-31)21-11-16-35(7)27(21)22(38)18-25-33(5)15-13-26(39)32(3,4)24(33)12-17-34(25,35)6/h10,21-31,37-42H,9,11-19H2,1-8H3/t21?,22?,23?,24?,25?,26?,27?,28?,29?,30?,31?,33-,34+,35+,36-/m0/s1. The van der Waals surface area contributed by atoms with E-state index in [9.17, 15) is 30.6 Å². The lowest BCUT2D eigenvalue weighted by molar-refractivity contribution is -0.336. The van der Waals surface area contributed by atoms with Crippen LogP contribution in [0, 0.1) is 45.3 Å². The van der Waals surface area contributed by atoms with Gasteiger partial charge in [-0.1, -0.05) is 46.3 Å². The van der Waals surface area contributed by atoms with Crippen molar-refractivity contribution in [3.8, 4) is 0 Å². The Morgan fingerprint density at radius 1 is 0.864 bits per heavy atom. The minimum atomic E-state index is -1.50. The molecule has 0 aromatic heterocycles. The van der Waals surface area contributed by atoms with E-state index in [1.54, 1.807) is 0 Å². The van der Waals surface area contributed by atoms with Crippen molar-refractivity contribution in [3.05, 3.63) is 11.6 Å². The van der Waals surface area contributed by atoms with Gasteiger partial charge >= 0.3 is 0 Å². The zero-order valence-corrected chi connectivity index (χ0v) is 28.5. The van der Waals surface area contributed by atoms with Crippen LogP contribution in [0.25, 0.3) is 0 Å². The van der Waals surface area contributed by atoms with Gasteiger partial charge < -0.3 is 40.1 Å². The SMILES string of the molecule is CC(C)=CCC[C@](C)(OC1OC(CO)C(O)C(O)C1O)C1CC[C@]2(C)C1C(O)CC1[C@@]3(C)CCC(O)C(C)(C)C3CC[C@]12C. The molecule has 5 aliphatic rings. The van der Waals surface area contributed by atoms with E-state index in [-0.39, 0.29) is 39.6 Å². The highest BCUT2D eigenvalue weighted by Gasteiger charge is 2.71. The molecule has 254 valence electrons. The molecule has 1 saturated heterocycles. The van der Waals surface area contributed by atoms with Crippen LogP contribution in [0.4, 0.5) is 0 Å². The molecule has 4 saturated carbocycles. The van der Waals surface area contributed by atoms with Crippen LogP contribution < -0.4 is 0 Å². The van der Waals surface area contributed by atoms with Crippen molar-refractivity contribution in [2.24, 2.45) is 45.3 Å². The number of aliphatic hydroxyl groups is 6. The van der Waals surface area contributed by atoms with E-state index in [1.165, 1.54) is 5.57 Å². The summed E-state index contributed by atoms with van der Waals surface area (Å²) in [6, 6.07) is 0. The Kier molecular flexibility index (Phi) is 9.35. The van der Waals surface area contributed by atoms with E-state index >= 15 is 0 Å². The normalized spacial score (nSPS) is 51.5. The van der Waals surface area contributed by atoms with Gasteiger partial charge in [0.15, 0.2) is 6.29 Å². The van der Waals surface area contributed by atoms with Gasteiger partial charge in [-0.25, -0.2) is 0 Å². The summed E-state index contributed by atoms with van der Waals surface area (Å²) in [7, 11) is 0. The van der Waals surface area contributed by atoms with Gasteiger partial charge in [0, 0.05) is 0 Å². The Balaban J connectivity index is 1.49. The molecule has 6 N–H and O–H groups in total. The number of fused-ring (bicyclic) bond motifs is 5. The Morgan fingerprint density at radius 3 is 2.16 bits per heavy atom. The Hall–Kier alpha value is -0.580. The number of ether oxygens (including phenoxy) is 2. The molecule has 1 aliphatic heterocycles. The van der Waals surface area contributed by atoms with Gasteiger partial charge in [-0.2, -0.15) is 0 Å². The summed E-state index contributed by atoms with van der Waals surface area (Å²) in [6.45, 7) is 17.5. The molecule has 1 heterocycles. The molecule has 44 heavy (non-hydrogen) atoms. The lowest BCUT2D eigenvalue weighted by atomic mass is 9.35. The van der Waals surface area contributed by atoms with Crippen LogP contribution in [0.15, 0.2) is 11.6 Å². The first kappa shape index (κ1) is 34.7. The fourth-order valence-electron chi connectivity index (χ4n) is 11.8. The van der Waals surface area contributed by atoms with Crippen molar-refractivity contribution < 1.29 is 40.1 Å². The number of hydrogen-bond acceptors (Lipinski definition) is 8. The third-order valence-electron chi connectivity index (χ3n) is 14.6. The van der Waals surface area contributed by atoms with Crippen LogP contribution in [-0.4, -0.2) is 85.8 Å². The predicted molar refractivity (Wildman–Crippen MR) is 168 cm³/mol. The van der Waals surface area contributed by atoms with Gasteiger partial charge in [0.2, 0.25) is 0 Å². The fourth-order valence-corrected chi connectivity index (χ4v) is 11.8. The zero-order chi connectivity index (χ0) is 32.6. The minimum Gasteiger partial charge on any atom is -0.394 e. The highest BCUT2D eigenvalue weighted by molar-refractivity contribution is 5.20. The molecule has 15 atom stereocenters. The van der Waals surface area contributed by atoms with E-state index in [0.717, 1.165) is 51.4 Å². The summed E-state index contributed by atoms with van der Waals surface area (Å²) >= 11 is 0. The molecule has 8 nitrogen and oxygen atoms in total. The second kappa shape index (κ2) is 11.8. The molecule has 0 spiro atoms. The highest BCUT2D eigenvalue weighted by atomic mass is 16.7. The Bertz CT molecular complexity index is 1070. The maximum Gasteiger partial charge on any atom is 0.187 e. The molecule has 11 unspecified atom stereocenters. The smallest absolute Gasteiger partial charge is 0.187 e. The van der Waals surface area contributed by atoms with Crippen molar-refractivity contribution in [2.75, 3.05) is 6.61 Å². The van der Waals surface area contributed by atoms with E-state index in [0.29, 0.717) is 18.3 Å². The summed E-state index contributed by atoms with van der Waals surface area (Å²) in [5.74, 6) is 0.713. The van der Waals surface area contributed by atoms with E-state index in [1.807, 2.05) is 0 Å². The Labute approximate surface area is 265 Å². The van der Waals surface area contributed by atoms with Crippen molar-refractivity contribution in [3.63, 3.8) is 0 Å². The lowest BCUT2D eigenvalue weighted by Crippen LogP contribution is -2.67. The molecule has 4 aliphatic carbocycles. The summed E-state index contributed by atoms with van der Waals surface area (Å²) in [6.07, 6.45) is 2.60. The molecular formula is C36H62O8. The van der Waals surface area contributed by atoms with E-state index < -0.39 is 49.0 Å². The van der Waals surface area contributed by atoms with Crippen molar-refractivity contribution in [2.45, 2.75) is 162 Å². The van der Waals surface area contributed by atoms with E-state index in [4.69, 9.17) is 9.47 Å². The average molecular weight is 623 g/mol. The second-order valence-corrected chi connectivity index (χ2v) is 17.3. The maximum absolute atomic E-state index is 12.2. The molecule has 8 heteroatoms. The van der Waals surface area contributed by atoms with Crippen LogP contribution in [0.5, 0.6) is 0 Å². The number of aliphatic hydroxyl groups excluding tert-OH is 6. The van der Waals surface area contributed by atoms with Crippen LogP contribution in [-0.2, 0) is 9.47 Å². The second-order valence-electron chi connectivity index (χ2n) is 17.3. The van der Waals surface area contributed by atoms with Crippen molar-refractivity contribution >= 4 is 0 Å². The van der Waals surface area contributed by atoms with Gasteiger partial charge in [-0.15, -0.1) is 0 Å². The van der Waals surface area contributed by atoms with Gasteiger partial charge in [-0.05, 0) is 124 Å². The third kappa shape index (κ3) is 5.17. The quantitative estimate of drug-likeness (QED) is 0.231. The fraction of sp³-hybridized carbons (Fsp3) is 0.944. The van der Waals surface area contributed by atoms with Gasteiger partial charge in [0.25, 0.3) is 0 Å². The maximum atomic E-state index is 12.2. The summed E-state index contributed by atoms with van der Waals surface area (Å²) in [4.78, 5) is 0. The summed E-state index contributed by atoms with van der Waals surface area (Å²) in [5.41, 5.74) is 0.171. The summed E-state index contributed by atoms with van der Waals surface area (Å²) < 4.78 is 12.6. The molecule has 0 radical (unpaired) electrons. The van der Waals surface area contributed by atoms with E-state index in [2.05, 4.69) is 61.5 Å². The number of rotatable bonds is 7. The first-order valence-corrected chi connectivity index (χ1v) is 17.3. The van der Waals surface area contributed by atoms with Crippen molar-refractivity contribution in [1.29, 1.82) is 0 Å². The molecule has 5 fully saturated rings. The topological polar surface area (TPSA) is 140 Å². The average Bonchev–Trinajstić information content (AvgIpc) is 3.33. The van der Waals surface area contributed by atoms with Gasteiger partial charge in [0.05, 0.1) is 24.4 Å². The molecule has 0 aromatic carbocycles. The molecule has 0 amide bonds. The van der Waals surface area contributed by atoms with Gasteiger partial charge in [-0.3, -0.25) is 0 Å². The number of hydrogen-bond donors (Lipinski definition) is 6. The molecule has 5 rings (SSSR count). The van der Waals surface area contributed by atoms with Crippen LogP contribution in [0.3, 0.4) is 0 Å². The van der Waals surface area contributed by atoms with Crippen LogP contribution in [0.1, 0.15) is 113 Å².